The van der Waals surface area contributed by atoms with Gasteiger partial charge in [0, 0.05) is 12.7 Å². The summed E-state index contributed by atoms with van der Waals surface area (Å²) in [6.45, 7) is 0.521. The predicted molar refractivity (Wildman–Crippen MR) is 60.2 cm³/mol. The number of benzene rings is 1. The standard InChI is InChI=1S/C13H12O3/c1-15-9-10-4-2-3-5-12(10)13-7-6-11(8-14)16-13/h2-8H,9H2,1H3. The zero-order valence-corrected chi connectivity index (χ0v) is 8.97. The lowest BCUT2D eigenvalue weighted by Gasteiger charge is -2.05. The molecule has 3 heteroatoms. The molecule has 0 fully saturated rings. The van der Waals surface area contributed by atoms with E-state index in [9.17, 15) is 4.79 Å². The largest absolute Gasteiger partial charge is 0.453 e. The monoisotopic (exact) mass is 216 g/mol. The van der Waals surface area contributed by atoms with Crippen molar-refractivity contribution in [1.82, 2.24) is 0 Å². The Morgan fingerprint density at radius 2 is 2.06 bits per heavy atom. The summed E-state index contributed by atoms with van der Waals surface area (Å²) < 4.78 is 10.5. The van der Waals surface area contributed by atoms with Crippen LogP contribution >= 0.6 is 0 Å². The normalized spacial score (nSPS) is 10.3. The van der Waals surface area contributed by atoms with Gasteiger partial charge in [0.25, 0.3) is 0 Å². The topological polar surface area (TPSA) is 39.4 Å². The lowest BCUT2D eigenvalue weighted by molar-refractivity contribution is 0.110. The molecule has 0 amide bonds. The second-order valence-corrected chi connectivity index (χ2v) is 3.41. The predicted octanol–water partition coefficient (Wildman–Crippen LogP) is 2.91. The van der Waals surface area contributed by atoms with Crippen molar-refractivity contribution >= 4 is 6.29 Å². The fourth-order valence-electron chi connectivity index (χ4n) is 1.60. The van der Waals surface area contributed by atoms with Gasteiger partial charge in [-0.15, -0.1) is 0 Å². The second-order valence-electron chi connectivity index (χ2n) is 3.41. The Bertz CT molecular complexity index is 485. The first kappa shape index (κ1) is 10.6. The van der Waals surface area contributed by atoms with Gasteiger partial charge in [0.2, 0.25) is 0 Å². The van der Waals surface area contributed by atoms with Crippen LogP contribution < -0.4 is 0 Å². The molecule has 16 heavy (non-hydrogen) atoms. The third-order valence-electron chi connectivity index (χ3n) is 2.33. The summed E-state index contributed by atoms with van der Waals surface area (Å²) in [5.74, 6) is 1.02. The van der Waals surface area contributed by atoms with Crippen LogP contribution in [0, 0.1) is 0 Å². The summed E-state index contributed by atoms with van der Waals surface area (Å²) in [6, 6.07) is 11.2. The third kappa shape index (κ3) is 2.04. The number of carbonyl (C=O) groups is 1. The highest BCUT2D eigenvalue weighted by molar-refractivity contribution is 5.73. The molecular formula is C13H12O3. The van der Waals surface area contributed by atoms with Crippen molar-refractivity contribution in [2.24, 2.45) is 0 Å². The van der Waals surface area contributed by atoms with Crippen LogP contribution in [-0.4, -0.2) is 13.4 Å². The van der Waals surface area contributed by atoms with E-state index in [1.54, 1.807) is 19.2 Å². The van der Waals surface area contributed by atoms with Crippen molar-refractivity contribution in [2.45, 2.75) is 6.61 Å². The summed E-state index contributed by atoms with van der Waals surface area (Å²) in [4.78, 5) is 10.5. The minimum atomic E-state index is 0.335. The molecule has 0 N–H and O–H groups in total. The maximum Gasteiger partial charge on any atom is 0.185 e. The van der Waals surface area contributed by atoms with Crippen LogP contribution in [0.3, 0.4) is 0 Å². The molecule has 0 aliphatic rings. The van der Waals surface area contributed by atoms with Gasteiger partial charge >= 0.3 is 0 Å². The first-order chi connectivity index (χ1) is 7.85. The summed E-state index contributed by atoms with van der Waals surface area (Å²) in [7, 11) is 1.65. The molecule has 3 nitrogen and oxygen atoms in total. The molecule has 0 radical (unpaired) electrons. The van der Waals surface area contributed by atoms with E-state index in [-0.39, 0.29) is 0 Å². The van der Waals surface area contributed by atoms with Crippen LogP contribution in [0.15, 0.2) is 40.8 Å². The van der Waals surface area contributed by atoms with Gasteiger partial charge in [-0.2, -0.15) is 0 Å². The van der Waals surface area contributed by atoms with Crippen LogP contribution in [-0.2, 0) is 11.3 Å². The summed E-state index contributed by atoms with van der Waals surface area (Å²) in [5, 5.41) is 0. The van der Waals surface area contributed by atoms with E-state index in [1.165, 1.54) is 0 Å². The zero-order valence-electron chi connectivity index (χ0n) is 8.97. The van der Waals surface area contributed by atoms with Gasteiger partial charge in [0.15, 0.2) is 12.0 Å². The average molecular weight is 216 g/mol. The molecule has 1 aromatic carbocycles. The van der Waals surface area contributed by atoms with Crippen molar-refractivity contribution in [3.8, 4) is 11.3 Å². The number of furan rings is 1. The smallest absolute Gasteiger partial charge is 0.185 e. The van der Waals surface area contributed by atoms with Crippen LogP contribution in [0.25, 0.3) is 11.3 Å². The summed E-state index contributed by atoms with van der Waals surface area (Å²) in [6.07, 6.45) is 0.697. The van der Waals surface area contributed by atoms with Crippen molar-refractivity contribution in [2.75, 3.05) is 7.11 Å². The first-order valence-corrected chi connectivity index (χ1v) is 4.97. The van der Waals surface area contributed by atoms with E-state index in [1.807, 2.05) is 24.3 Å². The van der Waals surface area contributed by atoms with Gasteiger partial charge in [-0.25, -0.2) is 0 Å². The average Bonchev–Trinajstić information content (AvgIpc) is 2.79. The SMILES string of the molecule is COCc1ccccc1-c1ccc(C=O)o1. The van der Waals surface area contributed by atoms with Gasteiger partial charge in [0.05, 0.1) is 6.61 Å². The van der Waals surface area contributed by atoms with Crippen molar-refractivity contribution < 1.29 is 13.9 Å². The molecule has 2 rings (SSSR count). The molecule has 0 unspecified atom stereocenters. The Hall–Kier alpha value is -1.87. The molecule has 0 atom stereocenters. The Labute approximate surface area is 93.7 Å². The quantitative estimate of drug-likeness (QED) is 0.737. The van der Waals surface area contributed by atoms with E-state index >= 15 is 0 Å². The summed E-state index contributed by atoms with van der Waals surface area (Å²) >= 11 is 0. The molecule has 1 heterocycles. The van der Waals surface area contributed by atoms with Crippen LogP contribution in [0.1, 0.15) is 16.1 Å². The maximum atomic E-state index is 10.5. The molecule has 0 spiro atoms. The second kappa shape index (κ2) is 4.77. The Kier molecular flexibility index (Phi) is 3.17. The van der Waals surface area contributed by atoms with E-state index < -0.39 is 0 Å². The fraction of sp³-hybridized carbons (Fsp3) is 0.154. The van der Waals surface area contributed by atoms with Crippen molar-refractivity contribution in [1.29, 1.82) is 0 Å². The van der Waals surface area contributed by atoms with E-state index in [0.29, 0.717) is 24.4 Å². The molecule has 0 aliphatic carbocycles. The highest BCUT2D eigenvalue weighted by Crippen LogP contribution is 2.25. The molecule has 0 saturated heterocycles. The maximum absolute atomic E-state index is 10.5. The number of ether oxygens (including phenoxy) is 1. The molecule has 1 aromatic heterocycles. The number of hydrogen-bond donors (Lipinski definition) is 0. The number of methoxy groups -OCH3 is 1. The van der Waals surface area contributed by atoms with Gasteiger partial charge in [0.1, 0.15) is 5.76 Å². The molecule has 0 aliphatic heterocycles. The molecule has 0 bridgehead atoms. The van der Waals surface area contributed by atoms with Gasteiger partial charge < -0.3 is 9.15 Å². The lowest BCUT2D eigenvalue weighted by Crippen LogP contribution is -1.90. The van der Waals surface area contributed by atoms with E-state index in [2.05, 4.69) is 0 Å². The highest BCUT2D eigenvalue weighted by Gasteiger charge is 2.08. The number of rotatable bonds is 4. The number of hydrogen-bond acceptors (Lipinski definition) is 3. The number of carbonyl (C=O) groups excluding carboxylic acids is 1. The van der Waals surface area contributed by atoms with Crippen molar-refractivity contribution in [3.63, 3.8) is 0 Å². The van der Waals surface area contributed by atoms with Crippen LogP contribution in [0.5, 0.6) is 0 Å². The zero-order chi connectivity index (χ0) is 11.4. The minimum Gasteiger partial charge on any atom is -0.453 e. The Morgan fingerprint density at radius 3 is 2.75 bits per heavy atom. The molecule has 0 saturated carbocycles. The number of aldehydes is 1. The van der Waals surface area contributed by atoms with Crippen LogP contribution in [0.2, 0.25) is 0 Å². The Balaban J connectivity index is 2.42. The third-order valence-corrected chi connectivity index (χ3v) is 2.33. The van der Waals surface area contributed by atoms with Gasteiger partial charge in [-0.05, 0) is 17.7 Å². The van der Waals surface area contributed by atoms with Crippen LogP contribution in [0.4, 0.5) is 0 Å². The fourth-order valence-corrected chi connectivity index (χ4v) is 1.60. The molecule has 82 valence electrons. The minimum absolute atomic E-state index is 0.335. The van der Waals surface area contributed by atoms with Crippen molar-refractivity contribution in [3.05, 3.63) is 47.7 Å². The molecule has 2 aromatic rings. The molecular weight excluding hydrogens is 204 g/mol. The lowest BCUT2D eigenvalue weighted by atomic mass is 10.1. The van der Waals surface area contributed by atoms with E-state index in [4.69, 9.17) is 9.15 Å². The van der Waals surface area contributed by atoms with Gasteiger partial charge in [-0.3, -0.25) is 4.79 Å². The summed E-state index contributed by atoms with van der Waals surface area (Å²) in [5.41, 5.74) is 1.99. The highest BCUT2D eigenvalue weighted by atomic mass is 16.5. The Morgan fingerprint density at radius 1 is 1.25 bits per heavy atom. The first-order valence-electron chi connectivity index (χ1n) is 4.97. The van der Waals surface area contributed by atoms with E-state index in [0.717, 1.165) is 11.1 Å². The van der Waals surface area contributed by atoms with Gasteiger partial charge in [-0.1, -0.05) is 24.3 Å².